The molecule has 0 spiro atoms. The van der Waals surface area contributed by atoms with Crippen molar-refractivity contribution >= 4 is 55.4 Å². The summed E-state index contributed by atoms with van der Waals surface area (Å²) in [6.07, 6.45) is 0.235. The Bertz CT molecular complexity index is 3000. The molecule has 4 N–H and O–H groups in total. The lowest BCUT2D eigenvalue weighted by molar-refractivity contribution is -0.122. The first-order valence-electron chi connectivity index (χ1n) is 17.9. The standard InChI is InChI=1S/C37H30ClF6N11O3S/c1-53-13-15(12-46-53)34-47-24-11-19(18-4-5-23(38)26-29(18)54(2)51-36(26)52-59(3,57)58)27(48-35(24)49-34)21(8-14-6-16(39)9-17(40)7-14)30(33(45)56)55-31-25(28(50-55)32(41)42)20-10-22(20)37(31,43)44/h4-7,9,11-13,20-22,30,32H,8,10H2,1-3H3,(H2,45,56)(H,51,52)(H,47,48,49)/t20-,21+,22+,30?/m0/s1. The number of sulfonamides is 1. The lowest BCUT2D eigenvalue weighted by atomic mass is 9.84. The third kappa shape index (κ3) is 6.37. The topological polar surface area (TPSA) is 184 Å². The summed E-state index contributed by atoms with van der Waals surface area (Å²) in [7, 11) is -0.695. The van der Waals surface area contributed by atoms with Gasteiger partial charge in [-0.25, -0.2) is 40.6 Å². The van der Waals surface area contributed by atoms with Crippen LogP contribution in [-0.4, -0.2) is 64.9 Å². The van der Waals surface area contributed by atoms with E-state index in [1.807, 2.05) is 0 Å². The fraction of sp³-hybridized carbons (Fsp3) is 0.297. The van der Waals surface area contributed by atoms with Crippen molar-refractivity contribution < 1.29 is 39.6 Å². The number of rotatable bonds is 11. The summed E-state index contributed by atoms with van der Waals surface area (Å²) in [5.41, 5.74) is 5.23. The lowest BCUT2D eigenvalue weighted by Gasteiger charge is -2.29. The monoisotopic (exact) mass is 857 g/mol. The molecule has 7 aromatic rings. The number of halogens is 7. The maximum absolute atomic E-state index is 16.2. The van der Waals surface area contributed by atoms with E-state index < -0.39 is 81.5 Å². The zero-order valence-corrected chi connectivity index (χ0v) is 32.4. The molecule has 4 atom stereocenters. The molecule has 5 heterocycles. The van der Waals surface area contributed by atoms with E-state index in [9.17, 15) is 30.8 Å². The van der Waals surface area contributed by atoms with E-state index in [1.54, 1.807) is 25.4 Å². The number of nitrogens with one attached hydrogen (secondary N) is 2. The van der Waals surface area contributed by atoms with Gasteiger partial charge in [-0.2, -0.15) is 24.1 Å². The first-order chi connectivity index (χ1) is 27.8. The van der Waals surface area contributed by atoms with Gasteiger partial charge in [0.15, 0.2) is 11.5 Å². The van der Waals surface area contributed by atoms with E-state index in [1.165, 1.54) is 28.7 Å². The number of hydrogen-bond acceptors (Lipinski definition) is 8. The highest BCUT2D eigenvalue weighted by atomic mass is 35.5. The number of anilines is 1. The number of carbonyl (C=O) groups excluding carboxylic acids is 1. The van der Waals surface area contributed by atoms with Crippen molar-refractivity contribution in [1.82, 2.24) is 44.3 Å². The van der Waals surface area contributed by atoms with Crippen LogP contribution in [-0.2, 0) is 41.3 Å². The van der Waals surface area contributed by atoms with E-state index in [2.05, 4.69) is 30.0 Å². The van der Waals surface area contributed by atoms with Crippen molar-refractivity contribution in [1.29, 1.82) is 0 Å². The molecular weight excluding hydrogens is 828 g/mol. The third-order valence-corrected chi connectivity index (χ3v) is 11.7. The average molecular weight is 858 g/mol. The third-order valence-electron chi connectivity index (χ3n) is 10.8. The number of carbonyl (C=O) groups is 1. The summed E-state index contributed by atoms with van der Waals surface area (Å²) in [6, 6.07) is 5.09. The number of aryl methyl sites for hydroxylation is 2. The number of pyridine rings is 1. The van der Waals surface area contributed by atoms with Crippen molar-refractivity contribution in [2.45, 2.75) is 43.1 Å². The van der Waals surface area contributed by atoms with Crippen LogP contribution in [0.3, 0.4) is 0 Å². The van der Waals surface area contributed by atoms with Crippen molar-refractivity contribution in [2.75, 3.05) is 11.0 Å². The summed E-state index contributed by atoms with van der Waals surface area (Å²) in [5, 5.41) is 12.7. The van der Waals surface area contributed by atoms with E-state index in [0.717, 1.165) is 18.4 Å². The molecule has 22 heteroatoms. The number of benzene rings is 2. The van der Waals surface area contributed by atoms with Gasteiger partial charge in [-0.15, -0.1) is 0 Å². The number of H-pyrrole nitrogens is 1. The van der Waals surface area contributed by atoms with Gasteiger partial charge in [-0.3, -0.25) is 18.9 Å². The van der Waals surface area contributed by atoms with Crippen LogP contribution in [0.25, 0.3) is 44.6 Å². The molecule has 1 amide bonds. The summed E-state index contributed by atoms with van der Waals surface area (Å²) in [6.45, 7) is 0. The van der Waals surface area contributed by atoms with Crippen molar-refractivity contribution in [2.24, 2.45) is 25.7 Å². The van der Waals surface area contributed by atoms with Gasteiger partial charge in [0.2, 0.25) is 15.9 Å². The highest BCUT2D eigenvalue weighted by Gasteiger charge is 2.67. The largest absolute Gasteiger partial charge is 0.368 e. The van der Waals surface area contributed by atoms with Crippen LogP contribution >= 0.6 is 11.6 Å². The first-order valence-corrected chi connectivity index (χ1v) is 20.1. The molecule has 2 aromatic carbocycles. The molecule has 59 heavy (non-hydrogen) atoms. The molecule has 306 valence electrons. The SMILES string of the molecule is Cn1cc(-c2nc3nc([C@@H](Cc4cc(F)cc(F)c4)C(C(N)=O)n4nc(C(F)F)c5c4C(F)(F)[C@@H]4C[C@H]54)c(-c4ccc(Cl)c5c(NS(C)(=O)=O)nn(C)c45)cc3[nH]2)cn1. The minimum absolute atomic E-state index is 0.0291. The molecule has 2 aliphatic rings. The molecule has 0 aliphatic heterocycles. The fourth-order valence-electron chi connectivity index (χ4n) is 8.42. The van der Waals surface area contributed by atoms with Crippen molar-refractivity contribution in [3.8, 4) is 22.5 Å². The minimum Gasteiger partial charge on any atom is -0.368 e. The summed E-state index contributed by atoms with van der Waals surface area (Å²) in [5.74, 6) is -10.6. The number of nitrogens with two attached hydrogens (primary N) is 1. The molecule has 14 nitrogen and oxygen atoms in total. The Kier molecular flexibility index (Phi) is 8.68. The molecule has 5 aromatic heterocycles. The Balaban J connectivity index is 1.36. The van der Waals surface area contributed by atoms with E-state index in [-0.39, 0.29) is 61.8 Å². The number of aromatic nitrogens is 9. The molecular formula is C37H30ClF6N11O3S. The van der Waals surface area contributed by atoms with Crippen molar-refractivity contribution in [3.05, 3.63) is 93.7 Å². The number of imidazole rings is 1. The van der Waals surface area contributed by atoms with Crippen LogP contribution in [0.4, 0.5) is 32.2 Å². The molecule has 2 aliphatic carbocycles. The second kappa shape index (κ2) is 13.3. The summed E-state index contributed by atoms with van der Waals surface area (Å²) < 4.78 is 122. The Hall–Kier alpha value is -5.96. The highest BCUT2D eigenvalue weighted by molar-refractivity contribution is 7.92. The maximum Gasteiger partial charge on any atom is 0.293 e. The van der Waals surface area contributed by atoms with E-state index in [0.29, 0.717) is 27.7 Å². The van der Waals surface area contributed by atoms with E-state index >= 15 is 8.78 Å². The van der Waals surface area contributed by atoms with Gasteiger partial charge in [0.1, 0.15) is 34.9 Å². The van der Waals surface area contributed by atoms with Crippen LogP contribution < -0.4 is 10.5 Å². The molecule has 1 saturated carbocycles. The van der Waals surface area contributed by atoms with Gasteiger partial charge in [0, 0.05) is 54.9 Å². The maximum atomic E-state index is 16.2. The number of primary amides is 1. The molecule has 0 bridgehead atoms. The Morgan fingerprint density at radius 2 is 1.80 bits per heavy atom. The Morgan fingerprint density at radius 1 is 1.07 bits per heavy atom. The van der Waals surface area contributed by atoms with Crippen LogP contribution in [0.1, 0.15) is 58.9 Å². The number of aromatic amines is 1. The molecule has 0 radical (unpaired) electrons. The predicted molar refractivity (Wildman–Crippen MR) is 202 cm³/mol. The second-order valence-corrected chi connectivity index (χ2v) is 17.0. The lowest BCUT2D eigenvalue weighted by Crippen LogP contribution is -2.37. The number of fused-ring (bicyclic) bond motifs is 5. The molecule has 1 unspecified atom stereocenters. The van der Waals surface area contributed by atoms with Crippen LogP contribution in [0, 0.1) is 17.6 Å². The molecule has 1 fully saturated rings. The zero-order chi connectivity index (χ0) is 42.0. The van der Waals surface area contributed by atoms with Gasteiger partial charge in [-0.05, 0) is 48.6 Å². The summed E-state index contributed by atoms with van der Waals surface area (Å²) >= 11 is 6.66. The number of nitrogens with zero attached hydrogens (tertiary/aromatic N) is 8. The average Bonchev–Trinajstić information content (AvgIpc) is 3.45. The predicted octanol–water partition coefficient (Wildman–Crippen LogP) is 6.61. The second-order valence-electron chi connectivity index (χ2n) is 14.8. The smallest absolute Gasteiger partial charge is 0.293 e. The Labute approximate surface area is 334 Å². The normalized spacial score (nSPS) is 18.1. The van der Waals surface area contributed by atoms with Gasteiger partial charge < -0.3 is 10.7 Å². The highest BCUT2D eigenvalue weighted by Crippen LogP contribution is 2.68. The van der Waals surface area contributed by atoms with Gasteiger partial charge in [-0.1, -0.05) is 17.7 Å². The fourth-order valence-corrected chi connectivity index (χ4v) is 9.16. The van der Waals surface area contributed by atoms with Crippen molar-refractivity contribution in [3.63, 3.8) is 0 Å². The number of amides is 1. The van der Waals surface area contributed by atoms with Gasteiger partial charge >= 0.3 is 0 Å². The zero-order valence-electron chi connectivity index (χ0n) is 30.9. The Morgan fingerprint density at radius 3 is 2.44 bits per heavy atom. The first kappa shape index (κ1) is 38.6. The quantitative estimate of drug-likeness (QED) is 0.121. The number of hydrogen-bond donors (Lipinski definition) is 3. The molecule has 9 rings (SSSR count). The van der Waals surface area contributed by atoms with Crippen LogP contribution in [0.2, 0.25) is 5.02 Å². The van der Waals surface area contributed by atoms with Crippen LogP contribution in [0.15, 0.2) is 48.8 Å². The van der Waals surface area contributed by atoms with E-state index in [4.69, 9.17) is 22.3 Å². The number of alkyl halides is 4. The summed E-state index contributed by atoms with van der Waals surface area (Å²) in [4.78, 5) is 26.6. The van der Waals surface area contributed by atoms with Gasteiger partial charge in [0.25, 0.3) is 12.3 Å². The molecule has 0 saturated heterocycles. The minimum atomic E-state index is -3.89. The van der Waals surface area contributed by atoms with Crippen LogP contribution in [0.5, 0.6) is 0 Å². The van der Waals surface area contributed by atoms with Gasteiger partial charge in [0.05, 0.1) is 45.2 Å².